The molecule has 0 fully saturated rings. The Bertz CT molecular complexity index is 572. The molecule has 1 aromatic heterocycles. The number of pyridine rings is 1. The number of ether oxygens (including phenoxy) is 1. The second-order valence-corrected chi connectivity index (χ2v) is 3.71. The molecular formula is C13H12FN3O. The highest BCUT2D eigenvalue weighted by molar-refractivity contribution is 5.97. The lowest BCUT2D eigenvalue weighted by Gasteiger charge is -2.10. The topological polar surface area (TPSA) is 72.0 Å². The number of amidine groups is 1. The van der Waals surface area contributed by atoms with E-state index >= 15 is 0 Å². The summed E-state index contributed by atoms with van der Waals surface area (Å²) in [4.78, 5) is 3.73. The minimum absolute atomic E-state index is 0.0667. The van der Waals surface area contributed by atoms with Crippen molar-refractivity contribution in [1.29, 1.82) is 5.41 Å². The van der Waals surface area contributed by atoms with Crippen molar-refractivity contribution in [3.8, 4) is 5.75 Å². The number of aromatic nitrogens is 1. The number of para-hydroxylation sites is 1. The lowest BCUT2D eigenvalue weighted by atomic mass is 10.2. The first-order valence-electron chi connectivity index (χ1n) is 5.32. The molecule has 4 nitrogen and oxygen atoms in total. The van der Waals surface area contributed by atoms with Gasteiger partial charge in [0.25, 0.3) is 0 Å². The molecule has 0 aliphatic carbocycles. The van der Waals surface area contributed by atoms with Gasteiger partial charge in [0.2, 0.25) is 0 Å². The highest BCUT2D eigenvalue weighted by Gasteiger charge is 2.06. The van der Waals surface area contributed by atoms with Crippen LogP contribution >= 0.6 is 0 Å². The van der Waals surface area contributed by atoms with E-state index in [1.807, 2.05) is 0 Å². The standard InChI is InChI=1S/C13H12FN3O/c14-10-5-9(6-17-7-10)8-18-12-4-2-1-3-11(12)13(15)16/h1-7H,8H2,(H3,15,16). The van der Waals surface area contributed by atoms with Gasteiger partial charge in [-0.15, -0.1) is 0 Å². The molecular weight excluding hydrogens is 233 g/mol. The summed E-state index contributed by atoms with van der Waals surface area (Å²) in [6.45, 7) is 0.176. The molecule has 1 aromatic carbocycles. The molecule has 0 unspecified atom stereocenters. The highest BCUT2D eigenvalue weighted by atomic mass is 19.1. The SMILES string of the molecule is N=C(N)c1ccccc1OCc1cncc(F)c1. The molecule has 2 aromatic rings. The number of nitrogens with one attached hydrogen (secondary N) is 1. The van der Waals surface area contributed by atoms with Crippen molar-refractivity contribution in [3.63, 3.8) is 0 Å². The maximum Gasteiger partial charge on any atom is 0.141 e. The minimum atomic E-state index is -0.407. The Kier molecular flexibility index (Phi) is 3.52. The predicted octanol–water partition coefficient (Wildman–Crippen LogP) is 2.08. The van der Waals surface area contributed by atoms with Gasteiger partial charge in [0.15, 0.2) is 0 Å². The summed E-state index contributed by atoms with van der Waals surface area (Å²) < 4.78 is 18.4. The smallest absolute Gasteiger partial charge is 0.141 e. The van der Waals surface area contributed by atoms with Crippen LogP contribution in [0.5, 0.6) is 5.75 Å². The quantitative estimate of drug-likeness (QED) is 0.640. The molecule has 5 heteroatoms. The van der Waals surface area contributed by atoms with E-state index in [0.717, 1.165) is 6.20 Å². The van der Waals surface area contributed by atoms with Crippen LogP contribution in [0.1, 0.15) is 11.1 Å². The van der Waals surface area contributed by atoms with Crippen molar-refractivity contribution in [2.45, 2.75) is 6.61 Å². The molecule has 3 N–H and O–H groups in total. The summed E-state index contributed by atoms with van der Waals surface area (Å²) in [5.41, 5.74) is 6.57. The third-order valence-electron chi connectivity index (χ3n) is 2.33. The molecule has 1 heterocycles. The fourth-order valence-electron chi connectivity index (χ4n) is 1.51. The maximum absolute atomic E-state index is 12.9. The second kappa shape index (κ2) is 5.27. The molecule has 0 saturated carbocycles. The van der Waals surface area contributed by atoms with E-state index in [-0.39, 0.29) is 12.4 Å². The van der Waals surface area contributed by atoms with Crippen LogP contribution in [0.2, 0.25) is 0 Å². The summed E-state index contributed by atoms with van der Waals surface area (Å²) in [7, 11) is 0. The van der Waals surface area contributed by atoms with Gasteiger partial charge in [-0.25, -0.2) is 4.39 Å². The Balaban J connectivity index is 2.13. The normalized spacial score (nSPS) is 10.1. The average molecular weight is 245 g/mol. The van der Waals surface area contributed by atoms with Crippen LogP contribution < -0.4 is 10.5 Å². The van der Waals surface area contributed by atoms with Gasteiger partial charge in [-0.3, -0.25) is 10.4 Å². The number of hydrogen-bond donors (Lipinski definition) is 2. The fourth-order valence-corrected chi connectivity index (χ4v) is 1.51. The van der Waals surface area contributed by atoms with Gasteiger partial charge < -0.3 is 10.5 Å². The molecule has 0 bridgehead atoms. The zero-order chi connectivity index (χ0) is 13.0. The molecule has 0 aliphatic rings. The van der Waals surface area contributed by atoms with Crippen LogP contribution in [0.4, 0.5) is 4.39 Å². The van der Waals surface area contributed by atoms with Crippen LogP contribution in [0, 0.1) is 11.2 Å². The number of benzene rings is 1. The van der Waals surface area contributed by atoms with E-state index in [1.54, 1.807) is 24.3 Å². The van der Waals surface area contributed by atoms with Gasteiger partial charge in [0.05, 0.1) is 11.8 Å². The van der Waals surface area contributed by atoms with Crippen molar-refractivity contribution in [1.82, 2.24) is 4.98 Å². The number of nitrogens with two attached hydrogens (primary N) is 1. The molecule has 0 spiro atoms. The number of hydrogen-bond acceptors (Lipinski definition) is 3. The Morgan fingerprint density at radius 3 is 2.83 bits per heavy atom. The van der Waals surface area contributed by atoms with Crippen LogP contribution in [0.25, 0.3) is 0 Å². The van der Waals surface area contributed by atoms with Gasteiger partial charge in [-0.1, -0.05) is 12.1 Å². The Hall–Kier alpha value is -2.43. The third-order valence-corrected chi connectivity index (χ3v) is 2.33. The predicted molar refractivity (Wildman–Crippen MR) is 66.0 cm³/mol. The Morgan fingerprint density at radius 1 is 1.33 bits per heavy atom. The van der Waals surface area contributed by atoms with Gasteiger partial charge in [0, 0.05) is 11.8 Å². The molecule has 18 heavy (non-hydrogen) atoms. The fraction of sp³-hybridized carbons (Fsp3) is 0.0769. The van der Waals surface area contributed by atoms with Crippen molar-refractivity contribution >= 4 is 5.84 Å². The largest absolute Gasteiger partial charge is 0.488 e. The van der Waals surface area contributed by atoms with E-state index in [9.17, 15) is 4.39 Å². The minimum Gasteiger partial charge on any atom is -0.488 e. The van der Waals surface area contributed by atoms with Gasteiger partial charge in [-0.05, 0) is 18.2 Å². The molecule has 0 radical (unpaired) electrons. The van der Waals surface area contributed by atoms with Crippen molar-refractivity contribution in [2.24, 2.45) is 5.73 Å². The van der Waals surface area contributed by atoms with E-state index in [0.29, 0.717) is 16.9 Å². The van der Waals surface area contributed by atoms with E-state index < -0.39 is 5.82 Å². The zero-order valence-electron chi connectivity index (χ0n) is 9.56. The number of rotatable bonds is 4. The summed E-state index contributed by atoms with van der Waals surface area (Å²) in [6.07, 6.45) is 2.66. The van der Waals surface area contributed by atoms with E-state index in [1.165, 1.54) is 12.3 Å². The van der Waals surface area contributed by atoms with Gasteiger partial charge in [-0.2, -0.15) is 0 Å². The first kappa shape index (κ1) is 12.0. The first-order valence-corrected chi connectivity index (χ1v) is 5.32. The zero-order valence-corrected chi connectivity index (χ0v) is 9.56. The van der Waals surface area contributed by atoms with Gasteiger partial charge >= 0.3 is 0 Å². The lowest BCUT2D eigenvalue weighted by molar-refractivity contribution is 0.304. The van der Waals surface area contributed by atoms with Crippen LogP contribution in [0.3, 0.4) is 0 Å². The molecule has 0 atom stereocenters. The average Bonchev–Trinajstić information content (AvgIpc) is 2.37. The number of halogens is 1. The molecule has 0 aliphatic heterocycles. The molecule has 0 saturated heterocycles. The monoisotopic (exact) mass is 245 g/mol. The highest BCUT2D eigenvalue weighted by Crippen LogP contribution is 2.18. The Morgan fingerprint density at radius 2 is 2.11 bits per heavy atom. The van der Waals surface area contributed by atoms with Crippen molar-refractivity contribution in [2.75, 3.05) is 0 Å². The Labute approximate surface area is 104 Å². The maximum atomic E-state index is 12.9. The van der Waals surface area contributed by atoms with Crippen molar-refractivity contribution in [3.05, 3.63) is 59.7 Å². The van der Waals surface area contributed by atoms with E-state index in [4.69, 9.17) is 15.9 Å². The summed E-state index contributed by atoms with van der Waals surface area (Å²) >= 11 is 0. The number of nitrogen functional groups attached to an aromatic ring is 1. The molecule has 2 rings (SSSR count). The third kappa shape index (κ3) is 2.82. The second-order valence-electron chi connectivity index (χ2n) is 3.71. The van der Waals surface area contributed by atoms with Crippen LogP contribution in [-0.4, -0.2) is 10.8 Å². The molecule has 92 valence electrons. The van der Waals surface area contributed by atoms with Crippen LogP contribution in [-0.2, 0) is 6.61 Å². The van der Waals surface area contributed by atoms with E-state index in [2.05, 4.69) is 4.98 Å². The van der Waals surface area contributed by atoms with Gasteiger partial charge in [0.1, 0.15) is 24.0 Å². The number of nitrogens with zero attached hydrogens (tertiary/aromatic N) is 1. The summed E-state index contributed by atoms with van der Waals surface area (Å²) in [5, 5.41) is 7.42. The summed E-state index contributed by atoms with van der Waals surface area (Å²) in [6, 6.07) is 8.31. The molecule has 0 amide bonds. The first-order chi connectivity index (χ1) is 8.66. The summed E-state index contributed by atoms with van der Waals surface area (Å²) in [5.74, 6) is 0.0215. The lowest BCUT2D eigenvalue weighted by Crippen LogP contribution is -2.13. The van der Waals surface area contributed by atoms with Crippen molar-refractivity contribution < 1.29 is 9.13 Å². The van der Waals surface area contributed by atoms with Crippen LogP contribution in [0.15, 0.2) is 42.7 Å².